The monoisotopic (exact) mass is 291 g/mol. The minimum Gasteiger partial charge on any atom is -0.309 e. The highest BCUT2D eigenvalue weighted by atomic mass is 32.2. The minimum atomic E-state index is 0.512. The third-order valence-electron chi connectivity index (χ3n) is 4.23. The highest BCUT2D eigenvalue weighted by Gasteiger charge is 2.21. The number of rotatable bonds is 7. The molecule has 0 amide bonds. The molecule has 3 atom stereocenters. The molecule has 2 rings (SSSR count). The van der Waals surface area contributed by atoms with Crippen LogP contribution in [-0.4, -0.2) is 17.5 Å². The van der Waals surface area contributed by atoms with Gasteiger partial charge < -0.3 is 5.32 Å². The molecular formula is C18H29NS. The van der Waals surface area contributed by atoms with Crippen molar-refractivity contribution in [2.75, 3.05) is 12.3 Å². The summed E-state index contributed by atoms with van der Waals surface area (Å²) in [7, 11) is 0. The van der Waals surface area contributed by atoms with E-state index in [-0.39, 0.29) is 0 Å². The van der Waals surface area contributed by atoms with E-state index in [0.717, 1.165) is 17.7 Å². The van der Waals surface area contributed by atoms with Crippen LogP contribution in [0.25, 0.3) is 0 Å². The maximum atomic E-state index is 3.72. The van der Waals surface area contributed by atoms with Gasteiger partial charge >= 0.3 is 0 Å². The Morgan fingerprint density at radius 2 is 2.05 bits per heavy atom. The molecule has 1 nitrogen and oxygen atoms in total. The first-order chi connectivity index (χ1) is 9.79. The van der Waals surface area contributed by atoms with Gasteiger partial charge in [0, 0.05) is 17.0 Å². The minimum absolute atomic E-state index is 0.512. The van der Waals surface area contributed by atoms with Gasteiger partial charge in [0.15, 0.2) is 0 Å². The molecule has 20 heavy (non-hydrogen) atoms. The van der Waals surface area contributed by atoms with Crippen molar-refractivity contribution in [1.82, 2.24) is 5.32 Å². The number of nitrogens with one attached hydrogen (secondary N) is 1. The lowest BCUT2D eigenvalue weighted by molar-refractivity contribution is 0.394. The van der Waals surface area contributed by atoms with Gasteiger partial charge in [-0.15, -0.1) is 0 Å². The Hall–Kier alpha value is -0.470. The molecule has 0 aliphatic heterocycles. The van der Waals surface area contributed by atoms with E-state index < -0.39 is 0 Å². The zero-order valence-corrected chi connectivity index (χ0v) is 13.8. The molecule has 0 spiro atoms. The van der Waals surface area contributed by atoms with Gasteiger partial charge in [0.2, 0.25) is 0 Å². The van der Waals surface area contributed by atoms with Crippen LogP contribution >= 0.6 is 11.8 Å². The second kappa shape index (κ2) is 8.74. The van der Waals surface area contributed by atoms with Crippen LogP contribution in [0.2, 0.25) is 0 Å². The van der Waals surface area contributed by atoms with Crippen molar-refractivity contribution in [2.45, 2.75) is 57.2 Å². The van der Waals surface area contributed by atoms with Crippen molar-refractivity contribution in [3.63, 3.8) is 0 Å². The first-order valence-corrected chi connectivity index (χ1v) is 9.24. The van der Waals surface area contributed by atoms with Gasteiger partial charge in [-0.3, -0.25) is 0 Å². The molecule has 1 aliphatic carbocycles. The number of hydrogen-bond donors (Lipinski definition) is 1. The predicted molar refractivity (Wildman–Crippen MR) is 91.4 cm³/mol. The average molecular weight is 292 g/mol. The topological polar surface area (TPSA) is 12.0 Å². The molecule has 0 heterocycles. The normalized spacial score (nSPS) is 24.5. The fraction of sp³-hybridized carbons (Fsp3) is 0.667. The molecule has 0 radical (unpaired) electrons. The summed E-state index contributed by atoms with van der Waals surface area (Å²) >= 11 is 2.19. The molecule has 0 aromatic heterocycles. The smallest absolute Gasteiger partial charge is 0.0411 e. The van der Waals surface area contributed by atoms with Gasteiger partial charge in [-0.05, 0) is 37.3 Å². The van der Waals surface area contributed by atoms with Crippen molar-refractivity contribution < 1.29 is 0 Å². The van der Waals surface area contributed by atoms with E-state index in [4.69, 9.17) is 0 Å². The van der Waals surface area contributed by atoms with Gasteiger partial charge in [0.25, 0.3) is 0 Å². The summed E-state index contributed by atoms with van der Waals surface area (Å²) in [6, 6.07) is 11.5. The molecular weight excluding hydrogens is 262 g/mol. The van der Waals surface area contributed by atoms with Crippen LogP contribution in [0.5, 0.6) is 0 Å². The predicted octanol–water partition coefficient (Wildman–Crippen LogP) is 5.04. The second-order valence-electron chi connectivity index (χ2n) is 6.14. The van der Waals surface area contributed by atoms with Crippen LogP contribution in [0.1, 0.15) is 57.6 Å². The van der Waals surface area contributed by atoms with Crippen molar-refractivity contribution in [3.05, 3.63) is 35.9 Å². The van der Waals surface area contributed by atoms with Crippen molar-refractivity contribution in [1.29, 1.82) is 0 Å². The lowest BCUT2D eigenvalue weighted by Gasteiger charge is -2.28. The van der Waals surface area contributed by atoms with Crippen molar-refractivity contribution in [3.8, 4) is 0 Å². The maximum absolute atomic E-state index is 3.72. The highest BCUT2D eigenvalue weighted by Crippen LogP contribution is 2.33. The van der Waals surface area contributed by atoms with E-state index >= 15 is 0 Å². The number of hydrogen-bond acceptors (Lipinski definition) is 2. The van der Waals surface area contributed by atoms with Gasteiger partial charge in [-0.1, -0.05) is 57.0 Å². The van der Waals surface area contributed by atoms with Gasteiger partial charge in [0.05, 0.1) is 0 Å². The molecule has 2 heteroatoms. The zero-order chi connectivity index (χ0) is 14.2. The Morgan fingerprint density at radius 3 is 2.75 bits per heavy atom. The molecule has 1 fully saturated rings. The molecule has 1 aliphatic rings. The largest absolute Gasteiger partial charge is 0.309 e. The van der Waals surface area contributed by atoms with Gasteiger partial charge in [-0.25, -0.2) is 0 Å². The van der Waals surface area contributed by atoms with Gasteiger partial charge in [-0.2, -0.15) is 11.8 Å². The summed E-state index contributed by atoms with van der Waals surface area (Å²) in [5.41, 5.74) is 1.44. The van der Waals surface area contributed by atoms with Crippen LogP contribution in [0.4, 0.5) is 0 Å². The lowest BCUT2D eigenvalue weighted by atomic mass is 9.91. The maximum Gasteiger partial charge on any atom is 0.0411 e. The van der Waals surface area contributed by atoms with E-state index in [1.165, 1.54) is 43.4 Å². The van der Waals surface area contributed by atoms with Gasteiger partial charge in [0.1, 0.15) is 0 Å². The summed E-state index contributed by atoms with van der Waals surface area (Å²) in [6.45, 7) is 5.77. The van der Waals surface area contributed by atoms with E-state index in [1.807, 2.05) is 0 Å². The standard InChI is InChI=1S/C18H29NS/c1-3-12-19-18(16-9-5-4-6-10-16)14-20-17-11-7-8-15(2)13-17/h4-6,9-10,15,17-19H,3,7-8,11-14H2,1-2H3. The highest BCUT2D eigenvalue weighted by molar-refractivity contribution is 7.99. The fourth-order valence-corrected chi connectivity index (χ4v) is 4.61. The lowest BCUT2D eigenvalue weighted by Crippen LogP contribution is -2.25. The molecule has 0 saturated heterocycles. The SMILES string of the molecule is CCCNC(CSC1CCCC(C)C1)c1ccccc1. The Labute approximate surface area is 128 Å². The molecule has 1 aromatic rings. The van der Waals surface area contributed by atoms with Crippen LogP contribution in [0.15, 0.2) is 30.3 Å². The van der Waals surface area contributed by atoms with Crippen molar-refractivity contribution in [2.24, 2.45) is 5.92 Å². The quantitative estimate of drug-likeness (QED) is 0.755. The summed E-state index contributed by atoms with van der Waals surface area (Å²) in [6.07, 6.45) is 6.91. The molecule has 0 bridgehead atoms. The van der Waals surface area contributed by atoms with E-state index in [1.54, 1.807) is 0 Å². The summed E-state index contributed by atoms with van der Waals surface area (Å²) in [4.78, 5) is 0. The van der Waals surface area contributed by atoms with E-state index in [9.17, 15) is 0 Å². The van der Waals surface area contributed by atoms with E-state index in [0.29, 0.717) is 6.04 Å². The Kier molecular flexibility index (Phi) is 6.95. The summed E-state index contributed by atoms with van der Waals surface area (Å²) in [5, 5.41) is 4.60. The van der Waals surface area contributed by atoms with Crippen molar-refractivity contribution >= 4 is 11.8 Å². The fourth-order valence-electron chi connectivity index (χ4n) is 3.04. The molecule has 1 aromatic carbocycles. The number of benzene rings is 1. The summed E-state index contributed by atoms with van der Waals surface area (Å²) < 4.78 is 0. The molecule has 3 unspecified atom stereocenters. The van der Waals surface area contributed by atoms with Crippen LogP contribution in [-0.2, 0) is 0 Å². The summed E-state index contributed by atoms with van der Waals surface area (Å²) in [5.74, 6) is 2.14. The number of thioether (sulfide) groups is 1. The Balaban J connectivity index is 1.87. The zero-order valence-electron chi connectivity index (χ0n) is 13.0. The molecule has 1 N–H and O–H groups in total. The molecule has 112 valence electrons. The first-order valence-electron chi connectivity index (χ1n) is 8.19. The van der Waals surface area contributed by atoms with Crippen LogP contribution in [0, 0.1) is 5.92 Å². The third kappa shape index (κ3) is 5.14. The van der Waals surface area contributed by atoms with Crippen LogP contribution in [0.3, 0.4) is 0 Å². The third-order valence-corrected chi connectivity index (χ3v) is 5.65. The molecule has 1 saturated carbocycles. The average Bonchev–Trinajstić information content (AvgIpc) is 2.48. The first kappa shape index (κ1) is 15.9. The Bertz CT molecular complexity index is 365. The van der Waals surface area contributed by atoms with E-state index in [2.05, 4.69) is 61.3 Å². The van der Waals surface area contributed by atoms with Crippen LogP contribution < -0.4 is 5.32 Å². The Morgan fingerprint density at radius 1 is 1.25 bits per heavy atom. The second-order valence-corrected chi connectivity index (χ2v) is 7.48.